The van der Waals surface area contributed by atoms with Gasteiger partial charge >= 0.3 is 0 Å². The first kappa shape index (κ1) is 45.5. The molecule has 11 rings (SSSR count). The van der Waals surface area contributed by atoms with Gasteiger partial charge in [0.2, 0.25) is 0 Å². The summed E-state index contributed by atoms with van der Waals surface area (Å²) in [7, 11) is 4.28. The molecule has 2 aromatic heterocycles. The van der Waals surface area contributed by atoms with E-state index < -0.39 is 0 Å². The topological polar surface area (TPSA) is 13.1 Å². The molecule has 2 aliphatic carbocycles. The second-order valence-electron chi connectivity index (χ2n) is 18.0. The molecule has 0 saturated heterocycles. The van der Waals surface area contributed by atoms with Crippen molar-refractivity contribution in [3.05, 3.63) is 214 Å². The number of nitrogens with zero attached hydrogens (tertiary/aromatic N) is 3. The van der Waals surface area contributed by atoms with Crippen LogP contribution in [0.25, 0.3) is 68.0 Å². The molecule has 66 heavy (non-hydrogen) atoms. The van der Waals surface area contributed by atoms with E-state index in [0.717, 1.165) is 6.42 Å². The molecule has 3 heteroatoms. The summed E-state index contributed by atoms with van der Waals surface area (Å²) in [5.41, 5.74) is 17.0. The molecule has 0 N–H and O–H groups in total. The third-order valence-electron chi connectivity index (χ3n) is 13.5. The van der Waals surface area contributed by atoms with Crippen LogP contribution in [0.15, 0.2) is 164 Å². The Morgan fingerprint density at radius 2 is 1.23 bits per heavy atom. The second-order valence-corrected chi connectivity index (χ2v) is 18.0. The largest absolute Gasteiger partial charge is 0.344 e. The normalized spacial score (nSPS) is 14.1. The molecule has 2 heterocycles. The number of hydrogen-bond donors (Lipinski definition) is 0. The van der Waals surface area contributed by atoms with Gasteiger partial charge in [0.1, 0.15) is 0 Å². The van der Waals surface area contributed by atoms with Crippen LogP contribution in [-0.2, 0) is 19.5 Å². The maximum atomic E-state index is 3.90. The van der Waals surface area contributed by atoms with Gasteiger partial charge in [-0.2, -0.15) is 0 Å². The minimum Gasteiger partial charge on any atom is -0.344 e. The quantitative estimate of drug-likeness (QED) is 0.168. The molecule has 3 nitrogen and oxygen atoms in total. The van der Waals surface area contributed by atoms with Gasteiger partial charge in [-0.1, -0.05) is 191 Å². The number of allylic oxidation sites excluding steroid dienone is 1. The molecule has 1 atom stereocenters. The predicted molar refractivity (Wildman–Crippen MR) is 289 cm³/mol. The Hall–Kier alpha value is -7.10. The number of rotatable bonds is 5. The highest BCUT2D eigenvalue weighted by molar-refractivity contribution is 6.09. The minimum atomic E-state index is -0.0803. The third kappa shape index (κ3) is 8.24. The van der Waals surface area contributed by atoms with Crippen LogP contribution in [0.5, 0.6) is 0 Å². The highest BCUT2D eigenvalue weighted by Gasteiger charge is 2.38. The summed E-state index contributed by atoms with van der Waals surface area (Å²) >= 11 is 0. The second kappa shape index (κ2) is 19.2. The van der Waals surface area contributed by atoms with E-state index in [9.17, 15) is 0 Å². The van der Waals surface area contributed by atoms with Crippen molar-refractivity contribution in [1.82, 2.24) is 9.13 Å². The number of hydrogen-bond acceptors (Lipinski definition) is 1. The van der Waals surface area contributed by atoms with Crippen LogP contribution in [-0.4, -0.2) is 15.2 Å². The number of fused-ring (bicyclic) bond motifs is 9. The van der Waals surface area contributed by atoms with Crippen molar-refractivity contribution in [2.75, 3.05) is 4.90 Å². The summed E-state index contributed by atoms with van der Waals surface area (Å²) in [6, 6.07) is 55.3. The van der Waals surface area contributed by atoms with E-state index >= 15 is 0 Å². The van der Waals surface area contributed by atoms with Crippen molar-refractivity contribution < 1.29 is 0 Å². The third-order valence-corrected chi connectivity index (χ3v) is 13.5. The lowest BCUT2D eigenvalue weighted by molar-refractivity contribution is 0.659. The van der Waals surface area contributed by atoms with Crippen molar-refractivity contribution >= 4 is 68.3 Å². The Bertz CT molecular complexity index is 3360. The number of para-hydroxylation sites is 2. The van der Waals surface area contributed by atoms with Gasteiger partial charge in [-0.3, -0.25) is 0 Å². The van der Waals surface area contributed by atoms with Gasteiger partial charge in [0.15, 0.2) is 0 Å². The molecule has 0 saturated carbocycles. The molecule has 2 aliphatic rings. The fraction of sp³-hybridized carbons (Fsp3) is 0.206. The fourth-order valence-corrected chi connectivity index (χ4v) is 10.2. The minimum absolute atomic E-state index is 0.0803. The average molecular weight is 864 g/mol. The lowest BCUT2D eigenvalue weighted by atomic mass is 9.81. The predicted octanol–water partition coefficient (Wildman–Crippen LogP) is 15.3. The van der Waals surface area contributed by atoms with Crippen LogP contribution >= 0.6 is 0 Å². The summed E-state index contributed by atoms with van der Waals surface area (Å²) < 4.78 is 4.54. The molecule has 0 aliphatic heterocycles. The summed E-state index contributed by atoms with van der Waals surface area (Å²) in [6.45, 7) is 21.1. The smallest absolute Gasteiger partial charge is 0.0567 e. The summed E-state index contributed by atoms with van der Waals surface area (Å²) in [5.74, 6) is 0. The van der Waals surface area contributed by atoms with E-state index in [-0.39, 0.29) is 11.5 Å². The monoisotopic (exact) mass is 864 g/mol. The van der Waals surface area contributed by atoms with Crippen LogP contribution < -0.4 is 15.5 Å². The zero-order valence-corrected chi connectivity index (χ0v) is 40.7. The zero-order valence-electron chi connectivity index (χ0n) is 40.7. The Kier molecular flexibility index (Phi) is 13.2. The first-order valence-electron chi connectivity index (χ1n) is 23.6. The van der Waals surface area contributed by atoms with Gasteiger partial charge in [0, 0.05) is 79.9 Å². The summed E-state index contributed by atoms with van der Waals surface area (Å²) in [4.78, 5) is 2.59. The van der Waals surface area contributed by atoms with Gasteiger partial charge < -0.3 is 14.0 Å². The Labute approximate surface area is 393 Å². The number of anilines is 2. The molecular formula is C63H65N3. The van der Waals surface area contributed by atoms with E-state index in [4.69, 9.17) is 0 Å². The molecule has 9 aromatic rings. The zero-order chi connectivity index (χ0) is 46.7. The number of aryl methyl sites for hydroxylation is 5. The van der Waals surface area contributed by atoms with E-state index in [1.807, 2.05) is 45.0 Å². The first-order valence-corrected chi connectivity index (χ1v) is 23.6. The van der Waals surface area contributed by atoms with Crippen LogP contribution in [0.3, 0.4) is 0 Å². The first-order chi connectivity index (χ1) is 32.0. The van der Waals surface area contributed by atoms with Crippen LogP contribution in [0.1, 0.15) is 80.1 Å². The van der Waals surface area contributed by atoms with Crippen molar-refractivity contribution in [2.24, 2.45) is 14.1 Å². The van der Waals surface area contributed by atoms with Gasteiger partial charge in [-0.05, 0) is 104 Å². The molecule has 332 valence electrons. The lowest BCUT2D eigenvalue weighted by Crippen LogP contribution is -2.39. The average Bonchev–Trinajstić information content (AvgIpc) is 3.87. The van der Waals surface area contributed by atoms with E-state index in [1.165, 1.54) is 105 Å². The highest BCUT2D eigenvalue weighted by Crippen LogP contribution is 2.54. The van der Waals surface area contributed by atoms with Crippen LogP contribution in [0.2, 0.25) is 0 Å². The SMILES string of the molecule is C=Cc1c(/C=C\C)c2cc(C)ccc2n1C.CC.Cc1ccc2c(c1)C(C)(C)c1cc(N(c3ccccc3)C3C=c4c(n(C)c5ccccc45)=CC3)c3ccccc3c1-2.Cc1ccccc1. The van der Waals surface area contributed by atoms with Gasteiger partial charge in [-0.25, -0.2) is 0 Å². The Morgan fingerprint density at radius 1 is 0.621 bits per heavy atom. The van der Waals surface area contributed by atoms with Crippen LogP contribution in [0.4, 0.5) is 11.4 Å². The van der Waals surface area contributed by atoms with Gasteiger partial charge in [0.05, 0.1) is 6.04 Å². The van der Waals surface area contributed by atoms with E-state index in [0.29, 0.717) is 0 Å². The standard InChI is InChI=1S/C39H34N2.C15H17N.C7H8.C2H6/c1-25-18-20-31-33(22-25)39(2,3)34-24-37(28-14-8-9-16-30(28)38(31)34)41(26-12-6-5-7-13-26)27-19-21-36-32(23-27)29-15-10-11-17-35(29)40(36)4;1-5-7-12-13-10-11(3)8-9-15(13)16(4)14(12)6-2;1-7-5-3-2-4-6-7;1-2/h5-18,20-24,27H,19H2,1-4H3;5-10H,2H2,1,3-4H3;2-6H,1H3;1-2H3/b;7-5-;;. The maximum Gasteiger partial charge on any atom is 0.0567 e. The molecule has 0 bridgehead atoms. The summed E-state index contributed by atoms with van der Waals surface area (Å²) in [5, 5.41) is 7.93. The van der Waals surface area contributed by atoms with Crippen molar-refractivity contribution in [3.63, 3.8) is 0 Å². The Morgan fingerprint density at radius 3 is 1.89 bits per heavy atom. The molecule has 7 aromatic carbocycles. The van der Waals surface area contributed by atoms with Crippen molar-refractivity contribution in [2.45, 2.75) is 73.3 Å². The molecule has 0 fully saturated rings. The van der Waals surface area contributed by atoms with E-state index in [2.05, 4.69) is 227 Å². The van der Waals surface area contributed by atoms with Crippen LogP contribution in [0, 0.1) is 20.8 Å². The molecule has 1 unspecified atom stereocenters. The number of aromatic nitrogens is 2. The molecule has 0 radical (unpaired) electrons. The highest BCUT2D eigenvalue weighted by atomic mass is 15.2. The van der Waals surface area contributed by atoms with E-state index in [1.54, 1.807) is 0 Å². The van der Waals surface area contributed by atoms with Crippen molar-refractivity contribution in [1.29, 1.82) is 0 Å². The fourth-order valence-electron chi connectivity index (χ4n) is 10.2. The van der Waals surface area contributed by atoms with Crippen molar-refractivity contribution in [3.8, 4) is 11.1 Å². The number of benzene rings is 7. The molecule has 0 spiro atoms. The Balaban J connectivity index is 0.000000194. The van der Waals surface area contributed by atoms with Gasteiger partial charge in [0.25, 0.3) is 0 Å². The molecule has 0 amide bonds. The summed E-state index contributed by atoms with van der Waals surface area (Å²) in [6.07, 6.45) is 12.0. The maximum absolute atomic E-state index is 3.90. The lowest BCUT2D eigenvalue weighted by Gasteiger charge is -2.35. The molecular weight excluding hydrogens is 799 g/mol. The van der Waals surface area contributed by atoms with Gasteiger partial charge in [-0.15, -0.1) is 0 Å².